The van der Waals surface area contributed by atoms with Crippen molar-refractivity contribution in [2.45, 2.75) is 31.9 Å². The molecule has 1 aromatic carbocycles. The molecule has 1 fully saturated rings. The van der Waals surface area contributed by atoms with Crippen molar-refractivity contribution >= 4 is 17.5 Å². The third-order valence-corrected chi connectivity index (χ3v) is 4.19. The maximum Gasteiger partial charge on any atom is 0.251 e. The smallest absolute Gasteiger partial charge is 0.251 e. The first kappa shape index (κ1) is 17.2. The SMILES string of the molecule is O=C(CN1CCCCC(O)C1=O)Nc1cnn(Cc2ccccc2)c1. The molecule has 132 valence electrons. The van der Waals surface area contributed by atoms with Crippen molar-refractivity contribution in [3.05, 3.63) is 48.3 Å². The van der Waals surface area contributed by atoms with Crippen molar-refractivity contribution in [3.63, 3.8) is 0 Å². The Morgan fingerprint density at radius 2 is 2.08 bits per heavy atom. The third-order valence-electron chi connectivity index (χ3n) is 4.19. The first-order chi connectivity index (χ1) is 12.1. The van der Waals surface area contributed by atoms with E-state index >= 15 is 0 Å². The Hall–Kier alpha value is -2.67. The first-order valence-corrected chi connectivity index (χ1v) is 8.45. The number of aromatic nitrogens is 2. The molecule has 0 aliphatic carbocycles. The van der Waals surface area contributed by atoms with Crippen LogP contribution in [0.3, 0.4) is 0 Å². The number of nitrogens with one attached hydrogen (secondary N) is 1. The Bertz CT molecular complexity index is 729. The van der Waals surface area contributed by atoms with Gasteiger partial charge in [0.05, 0.1) is 25.0 Å². The highest BCUT2D eigenvalue weighted by Crippen LogP contribution is 2.13. The summed E-state index contributed by atoms with van der Waals surface area (Å²) >= 11 is 0. The first-order valence-electron chi connectivity index (χ1n) is 8.45. The van der Waals surface area contributed by atoms with Crippen LogP contribution in [0.15, 0.2) is 42.7 Å². The summed E-state index contributed by atoms with van der Waals surface area (Å²) in [6.45, 7) is 1.06. The maximum absolute atomic E-state index is 12.2. The number of aliphatic hydroxyl groups is 1. The van der Waals surface area contributed by atoms with E-state index in [0.717, 1.165) is 18.4 Å². The minimum Gasteiger partial charge on any atom is -0.383 e. The fourth-order valence-corrected chi connectivity index (χ4v) is 2.90. The van der Waals surface area contributed by atoms with Gasteiger partial charge in [-0.3, -0.25) is 14.3 Å². The molecule has 3 rings (SSSR count). The molecule has 2 amide bonds. The summed E-state index contributed by atoms with van der Waals surface area (Å²) in [5.41, 5.74) is 1.70. The van der Waals surface area contributed by atoms with Crippen LogP contribution < -0.4 is 5.32 Å². The lowest BCUT2D eigenvalue weighted by Crippen LogP contribution is -2.42. The number of rotatable bonds is 5. The van der Waals surface area contributed by atoms with Crippen LogP contribution in [-0.4, -0.2) is 50.8 Å². The van der Waals surface area contributed by atoms with E-state index in [2.05, 4.69) is 10.4 Å². The molecule has 25 heavy (non-hydrogen) atoms. The van der Waals surface area contributed by atoms with Crippen LogP contribution in [0.1, 0.15) is 24.8 Å². The fraction of sp³-hybridized carbons (Fsp3) is 0.389. The highest BCUT2D eigenvalue weighted by Gasteiger charge is 2.26. The van der Waals surface area contributed by atoms with Gasteiger partial charge < -0.3 is 15.3 Å². The number of aliphatic hydroxyl groups excluding tert-OH is 1. The zero-order valence-corrected chi connectivity index (χ0v) is 14.0. The molecule has 2 aromatic rings. The Kier molecular flexibility index (Phi) is 5.45. The second-order valence-corrected chi connectivity index (χ2v) is 6.23. The van der Waals surface area contributed by atoms with E-state index in [9.17, 15) is 14.7 Å². The number of benzene rings is 1. The largest absolute Gasteiger partial charge is 0.383 e. The zero-order valence-electron chi connectivity index (χ0n) is 14.0. The molecule has 0 spiro atoms. The van der Waals surface area contributed by atoms with E-state index in [1.165, 1.54) is 4.90 Å². The molecule has 1 saturated heterocycles. The molecule has 1 aromatic heterocycles. The maximum atomic E-state index is 12.2. The average Bonchev–Trinajstić information content (AvgIpc) is 2.97. The van der Waals surface area contributed by atoms with Gasteiger partial charge in [-0.05, 0) is 24.8 Å². The molecular weight excluding hydrogens is 320 g/mol. The summed E-state index contributed by atoms with van der Waals surface area (Å²) in [5, 5.41) is 16.7. The number of nitrogens with zero attached hydrogens (tertiary/aromatic N) is 3. The predicted molar refractivity (Wildman–Crippen MR) is 92.8 cm³/mol. The van der Waals surface area contributed by atoms with Gasteiger partial charge in [0, 0.05) is 12.7 Å². The Morgan fingerprint density at radius 1 is 1.28 bits per heavy atom. The molecule has 0 radical (unpaired) electrons. The minimum atomic E-state index is -0.996. The number of hydrogen-bond donors (Lipinski definition) is 2. The molecular formula is C18H22N4O3. The average molecular weight is 342 g/mol. The van der Waals surface area contributed by atoms with Crippen molar-refractivity contribution in [1.29, 1.82) is 0 Å². The monoisotopic (exact) mass is 342 g/mol. The topological polar surface area (TPSA) is 87.5 Å². The highest BCUT2D eigenvalue weighted by atomic mass is 16.3. The van der Waals surface area contributed by atoms with Gasteiger partial charge in [-0.1, -0.05) is 30.3 Å². The van der Waals surface area contributed by atoms with E-state index in [1.54, 1.807) is 17.1 Å². The van der Waals surface area contributed by atoms with Crippen LogP contribution in [0, 0.1) is 0 Å². The van der Waals surface area contributed by atoms with Crippen LogP contribution in [-0.2, 0) is 16.1 Å². The van der Waals surface area contributed by atoms with E-state index in [1.807, 2.05) is 30.3 Å². The summed E-state index contributed by atoms with van der Waals surface area (Å²) in [6.07, 6.45) is 4.39. The minimum absolute atomic E-state index is 0.0558. The van der Waals surface area contributed by atoms with E-state index in [0.29, 0.717) is 25.2 Å². The van der Waals surface area contributed by atoms with Crippen molar-refractivity contribution in [2.75, 3.05) is 18.4 Å². The lowest BCUT2D eigenvalue weighted by molar-refractivity contribution is -0.141. The summed E-state index contributed by atoms with van der Waals surface area (Å²) in [5.74, 6) is -0.658. The summed E-state index contributed by atoms with van der Waals surface area (Å²) in [7, 11) is 0. The van der Waals surface area contributed by atoms with Crippen LogP contribution in [0.2, 0.25) is 0 Å². The molecule has 7 heteroatoms. The highest BCUT2D eigenvalue weighted by molar-refractivity contribution is 5.95. The summed E-state index contributed by atoms with van der Waals surface area (Å²) in [6, 6.07) is 9.91. The van der Waals surface area contributed by atoms with Gasteiger partial charge in [0.2, 0.25) is 5.91 Å². The van der Waals surface area contributed by atoms with E-state index < -0.39 is 6.10 Å². The van der Waals surface area contributed by atoms with E-state index in [-0.39, 0.29) is 18.4 Å². The van der Waals surface area contributed by atoms with Crippen molar-refractivity contribution in [2.24, 2.45) is 0 Å². The molecule has 2 N–H and O–H groups in total. The Labute approximate surface area is 146 Å². The van der Waals surface area contributed by atoms with Crippen LogP contribution in [0.25, 0.3) is 0 Å². The van der Waals surface area contributed by atoms with Gasteiger partial charge in [-0.2, -0.15) is 5.10 Å². The van der Waals surface area contributed by atoms with Gasteiger partial charge in [0.1, 0.15) is 6.10 Å². The van der Waals surface area contributed by atoms with Gasteiger partial charge >= 0.3 is 0 Å². The molecule has 2 heterocycles. The second-order valence-electron chi connectivity index (χ2n) is 6.23. The lowest BCUT2D eigenvalue weighted by Gasteiger charge is -2.21. The molecule has 1 aliphatic rings. The number of carbonyl (C=O) groups excluding carboxylic acids is 2. The Morgan fingerprint density at radius 3 is 2.88 bits per heavy atom. The predicted octanol–water partition coefficient (Wildman–Crippen LogP) is 1.24. The van der Waals surface area contributed by atoms with E-state index in [4.69, 9.17) is 0 Å². The van der Waals surface area contributed by atoms with Crippen molar-refractivity contribution in [3.8, 4) is 0 Å². The normalized spacial score (nSPS) is 18.0. The third kappa shape index (κ3) is 4.67. The standard InChI is InChI=1S/C18H22N4O3/c23-16-8-4-5-9-21(18(16)25)13-17(24)20-15-10-19-22(12-15)11-14-6-2-1-3-7-14/h1-3,6-7,10,12,16,23H,4-5,8-9,11,13H2,(H,20,24). The van der Waals surface area contributed by atoms with Crippen molar-refractivity contribution < 1.29 is 14.7 Å². The molecule has 1 atom stereocenters. The second kappa shape index (κ2) is 7.94. The molecule has 1 aliphatic heterocycles. The van der Waals surface area contributed by atoms with Crippen molar-refractivity contribution in [1.82, 2.24) is 14.7 Å². The quantitative estimate of drug-likeness (QED) is 0.856. The lowest BCUT2D eigenvalue weighted by atomic mass is 10.2. The number of likely N-dealkylation sites (tertiary alicyclic amines) is 1. The van der Waals surface area contributed by atoms with Gasteiger partial charge in [0.25, 0.3) is 5.91 Å². The molecule has 0 bridgehead atoms. The zero-order chi connectivity index (χ0) is 17.6. The molecule has 7 nitrogen and oxygen atoms in total. The summed E-state index contributed by atoms with van der Waals surface area (Å²) in [4.78, 5) is 25.6. The number of carbonyl (C=O) groups is 2. The molecule has 0 saturated carbocycles. The van der Waals surface area contributed by atoms with Gasteiger partial charge in [-0.25, -0.2) is 0 Å². The number of hydrogen-bond acceptors (Lipinski definition) is 4. The van der Waals surface area contributed by atoms with Crippen LogP contribution >= 0.6 is 0 Å². The van der Waals surface area contributed by atoms with Gasteiger partial charge in [-0.15, -0.1) is 0 Å². The van der Waals surface area contributed by atoms with Gasteiger partial charge in [0.15, 0.2) is 0 Å². The molecule has 1 unspecified atom stereocenters. The van der Waals surface area contributed by atoms with Crippen LogP contribution in [0.5, 0.6) is 0 Å². The number of amides is 2. The van der Waals surface area contributed by atoms with Crippen LogP contribution in [0.4, 0.5) is 5.69 Å². The summed E-state index contributed by atoms with van der Waals surface area (Å²) < 4.78 is 1.74. The Balaban J connectivity index is 1.55. The number of anilines is 1. The fourth-order valence-electron chi connectivity index (χ4n) is 2.90.